The maximum Gasteiger partial charge on any atom is 0.264 e. The van der Waals surface area contributed by atoms with Gasteiger partial charge < -0.3 is 20.7 Å². The van der Waals surface area contributed by atoms with Crippen LogP contribution in [0, 0.1) is 0 Å². The summed E-state index contributed by atoms with van der Waals surface area (Å²) < 4.78 is 5.48. The van der Waals surface area contributed by atoms with Gasteiger partial charge in [0.25, 0.3) is 5.91 Å². The van der Waals surface area contributed by atoms with Crippen LogP contribution >= 0.6 is 0 Å². The van der Waals surface area contributed by atoms with Gasteiger partial charge in [-0.05, 0) is 53.6 Å². The molecule has 4 rings (SSSR count). The van der Waals surface area contributed by atoms with Gasteiger partial charge in [0.05, 0.1) is 5.69 Å². The Hall–Kier alpha value is -3.54. The Bertz CT molecular complexity index is 987. The summed E-state index contributed by atoms with van der Waals surface area (Å²) in [4.78, 5) is 17.8. The van der Waals surface area contributed by atoms with Crippen LogP contribution in [0.1, 0.15) is 0 Å². The van der Waals surface area contributed by atoms with E-state index in [1.165, 1.54) is 0 Å². The summed E-state index contributed by atoms with van der Waals surface area (Å²) in [6, 6.07) is 17.2. The second kappa shape index (κ2) is 6.40. The zero-order valence-electron chi connectivity index (χ0n) is 14.3. The highest BCUT2D eigenvalue weighted by molar-refractivity contribution is 5.98. The van der Waals surface area contributed by atoms with Crippen molar-refractivity contribution in [2.75, 3.05) is 29.6 Å². The van der Waals surface area contributed by atoms with Crippen LogP contribution < -0.4 is 20.7 Å². The number of carbonyl (C=O) groups is 1. The molecule has 0 unspecified atom stereocenters. The summed E-state index contributed by atoms with van der Waals surface area (Å²) in [5.41, 5.74) is 10.1. The van der Waals surface area contributed by atoms with Crippen molar-refractivity contribution in [2.45, 2.75) is 0 Å². The van der Waals surface area contributed by atoms with Crippen molar-refractivity contribution in [3.63, 3.8) is 0 Å². The normalized spacial score (nSPS) is 13.1. The molecule has 3 aromatic rings. The number of anilines is 4. The Kier molecular flexibility index (Phi) is 3.93. The molecule has 0 saturated carbocycles. The van der Waals surface area contributed by atoms with E-state index in [1.807, 2.05) is 54.6 Å². The fourth-order valence-electron chi connectivity index (χ4n) is 2.89. The highest BCUT2D eigenvalue weighted by atomic mass is 16.5. The van der Waals surface area contributed by atoms with E-state index in [4.69, 9.17) is 10.5 Å². The number of hydrogen-bond donors (Lipinski definition) is 2. The van der Waals surface area contributed by atoms with Crippen LogP contribution in [0.5, 0.6) is 5.75 Å². The fourth-order valence-corrected chi connectivity index (χ4v) is 2.89. The lowest BCUT2D eigenvalue weighted by Gasteiger charge is -2.26. The molecule has 1 amide bonds. The number of rotatable bonds is 3. The van der Waals surface area contributed by atoms with E-state index < -0.39 is 0 Å². The molecule has 6 nitrogen and oxygen atoms in total. The fraction of sp³-hybridized carbons (Fsp3) is 0.100. The molecule has 0 aliphatic carbocycles. The Morgan fingerprint density at radius 1 is 1.12 bits per heavy atom. The van der Waals surface area contributed by atoms with Crippen molar-refractivity contribution < 1.29 is 9.53 Å². The van der Waals surface area contributed by atoms with Crippen LogP contribution in [0.15, 0.2) is 60.8 Å². The molecular formula is C20H18N4O2. The maximum absolute atomic E-state index is 11.9. The molecule has 0 bridgehead atoms. The van der Waals surface area contributed by atoms with Crippen molar-refractivity contribution >= 4 is 28.8 Å². The van der Waals surface area contributed by atoms with Gasteiger partial charge in [-0.3, -0.25) is 4.79 Å². The second-order valence-corrected chi connectivity index (χ2v) is 6.10. The van der Waals surface area contributed by atoms with E-state index in [2.05, 4.69) is 10.3 Å². The molecule has 1 aliphatic rings. The molecule has 130 valence electrons. The lowest BCUT2D eigenvalue weighted by molar-refractivity contribution is -0.120. The Labute approximate surface area is 151 Å². The molecule has 26 heavy (non-hydrogen) atoms. The molecule has 0 radical (unpaired) electrons. The molecule has 2 aromatic carbocycles. The van der Waals surface area contributed by atoms with Crippen molar-refractivity contribution in [3.8, 4) is 16.9 Å². The largest absolute Gasteiger partial charge is 0.482 e. The van der Waals surface area contributed by atoms with E-state index in [0.717, 1.165) is 22.5 Å². The summed E-state index contributed by atoms with van der Waals surface area (Å²) >= 11 is 0. The number of fused-ring (bicyclic) bond motifs is 1. The number of aromatic nitrogens is 1. The monoisotopic (exact) mass is 346 g/mol. The van der Waals surface area contributed by atoms with E-state index in [1.54, 1.807) is 18.1 Å². The predicted molar refractivity (Wildman–Crippen MR) is 103 cm³/mol. The number of pyridine rings is 1. The summed E-state index contributed by atoms with van der Waals surface area (Å²) in [5, 5.41) is 3.25. The number of likely N-dealkylation sites (N-methyl/N-ethyl adjacent to an activating group) is 1. The zero-order chi connectivity index (χ0) is 18.1. The van der Waals surface area contributed by atoms with Gasteiger partial charge in [0, 0.05) is 24.6 Å². The van der Waals surface area contributed by atoms with Crippen LogP contribution in [0.4, 0.5) is 22.9 Å². The van der Waals surface area contributed by atoms with Crippen molar-refractivity contribution in [1.82, 2.24) is 4.98 Å². The first-order valence-corrected chi connectivity index (χ1v) is 8.22. The molecule has 0 fully saturated rings. The molecule has 1 aromatic heterocycles. The quantitative estimate of drug-likeness (QED) is 0.710. The topological polar surface area (TPSA) is 80.5 Å². The zero-order valence-corrected chi connectivity index (χ0v) is 14.3. The maximum atomic E-state index is 11.9. The molecular weight excluding hydrogens is 328 g/mol. The number of hydrogen-bond acceptors (Lipinski definition) is 5. The summed E-state index contributed by atoms with van der Waals surface area (Å²) in [6.07, 6.45) is 1.74. The van der Waals surface area contributed by atoms with Crippen LogP contribution in [-0.4, -0.2) is 24.5 Å². The van der Waals surface area contributed by atoms with Gasteiger partial charge in [-0.15, -0.1) is 0 Å². The third-order valence-corrected chi connectivity index (χ3v) is 4.30. The highest BCUT2D eigenvalue weighted by Crippen LogP contribution is 2.35. The average Bonchev–Trinajstić information content (AvgIpc) is 2.65. The van der Waals surface area contributed by atoms with Gasteiger partial charge in [0.15, 0.2) is 6.61 Å². The van der Waals surface area contributed by atoms with Gasteiger partial charge in [-0.1, -0.05) is 12.1 Å². The molecule has 0 atom stereocenters. The smallest absolute Gasteiger partial charge is 0.264 e. The van der Waals surface area contributed by atoms with Gasteiger partial charge in [-0.25, -0.2) is 4.98 Å². The van der Waals surface area contributed by atoms with Crippen molar-refractivity contribution in [2.24, 2.45) is 0 Å². The highest BCUT2D eigenvalue weighted by Gasteiger charge is 2.22. The van der Waals surface area contributed by atoms with Crippen LogP contribution in [0.2, 0.25) is 0 Å². The van der Waals surface area contributed by atoms with E-state index in [0.29, 0.717) is 17.3 Å². The first-order chi connectivity index (χ1) is 12.6. The number of ether oxygens (including phenoxy) is 1. The molecule has 2 heterocycles. The number of nitrogens with zero attached hydrogens (tertiary/aromatic N) is 2. The number of carbonyl (C=O) groups excluding carboxylic acids is 1. The molecule has 1 aliphatic heterocycles. The number of nitrogen functional groups attached to an aromatic ring is 1. The SMILES string of the molecule is CN1C(=O)COc2ccc(-c3ccnc(Nc4cccc(N)c4)c3)cc21. The third-order valence-electron chi connectivity index (χ3n) is 4.30. The van der Waals surface area contributed by atoms with Gasteiger partial charge >= 0.3 is 0 Å². The number of benzene rings is 2. The molecule has 6 heteroatoms. The van der Waals surface area contributed by atoms with E-state index in [9.17, 15) is 4.79 Å². The Balaban J connectivity index is 1.66. The molecule has 0 saturated heterocycles. The lowest BCUT2D eigenvalue weighted by atomic mass is 10.0. The van der Waals surface area contributed by atoms with E-state index >= 15 is 0 Å². The van der Waals surface area contributed by atoms with Crippen molar-refractivity contribution in [3.05, 3.63) is 60.8 Å². The van der Waals surface area contributed by atoms with E-state index in [-0.39, 0.29) is 12.5 Å². The Morgan fingerprint density at radius 2 is 1.96 bits per heavy atom. The standard InChI is InChI=1S/C20H18N4O2/c1-24-17-9-13(5-6-18(17)26-12-20(24)25)14-7-8-22-19(10-14)23-16-4-2-3-15(21)11-16/h2-11H,12,21H2,1H3,(H,22,23). The summed E-state index contributed by atoms with van der Waals surface area (Å²) in [7, 11) is 1.76. The second-order valence-electron chi connectivity index (χ2n) is 6.10. The first kappa shape index (κ1) is 16.0. The Morgan fingerprint density at radius 3 is 2.81 bits per heavy atom. The summed E-state index contributed by atoms with van der Waals surface area (Å²) in [5.74, 6) is 1.36. The third kappa shape index (κ3) is 3.04. The summed E-state index contributed by atoms with van der Waals surface area (Å²) in [6.45, 7) is 0.0758. The van der Waals surface area contributed by atoms with Crippen LogP contribution in [0.3, 0.4) is 0 Å². The van der Waals surface area contributed by atoms with Crippen LogP contribution in [0.25, 0.3) is 11.1 Å². The average molecular weight is 346 g/mol. The minimum absolute atomic E-state index is 0.0617. The predicted octanol–water partition coefficient (Wildman–Crippen LogP) is 3.43. The van der Waals surface area contributed by atoms with Crippen LogP contribution in [-0.2, 0) is 4.79 Å². The van der Waals surface area contributed by atoms with Gasteiger partial charge in [0.2, 0.25) is 0 Å². The number of amides is 1. The van der Waals surface area contributed by atoms with Gasteiger partial charge in [0.1, 0.15) is 11.6 Å². The number of nitrogens with two attached hydrogens (primary N) is 1. The molecule has 3 N–H and O–H groups in total. The molecule has 0 spiro atoms. The first-order valence-electron chi connectivity index (χ1n) is 8.22. The van der Waals surface area contributed by atoms with Gasteiger partial charge in [-0.2, -0.15) is 0 Å². The lowest BCUT2D eigenvalue weighted by Crippen LogP contribution is -2.35. The minimum atomic E-state index is -0.0617. The minimum Gasteiger partial charge on any atom is -0.482 e. The number of nitrogens with one attached hydrogen (secondary N) is 1. The van der Waals surface area contributed by atoms with Crippen molar-refractivity contribution in [1.29, 1.82) is 0 Å².